The maximum Gasteiger partial charge on any atom is 0.146 e. The first kappa shape index (κ1) is 16.2. The van der Waals surface area contributed by atoms with Crippen molar-refractivity contribution in [2.75, 3.05) is 0 Å². The maximum absolute atomic E-state index is 13.8. The van der Waals surface area contributed by atoms with Gasteiger partial charge in [-0.15, -0.1) is 0 Å². The van der Waals surface area contributed by atoms with Crippen LogP contribution in [0.15, 0.2) is 34.7 Å². The molecule has 0 spiro atoms. The Morgan fingerprint density at radius 2 is 2.05 bits per heavy atom. The topological polar surface area (TPSA) is 29.1 Å². The van der Waals surface area contributed by atoms with Crippen molar-refractivity contribution in [3.8, 4) is 0 Å². The van der Waals surface area contributed by atoms with E-state index in [-0.39, 0.29) is 11.9 Å². The van der Waals surface area contributed by atoms with E-state index in [0.29, 0.717) is 22.5 Å². The summed E-state index contributed by atoms with van der Waals surface area (Å²) >= 11 is 3.24. The van der Waals surface area contributed by atoms with Gasteiger partial charge in [-0.25, -0.2) is 4.39 Å². The number of aldehydes is 1. The van der Waals surface area contributed by atoms with Gasteiger partial charge in [0.1, 0.15) is 12.1 Å². The van der Waals surface area contributed by atoms with E-state index < -0.39 is 0 Å². The van der Waals surface area contributed by atoms with Crippen LogP contribution in [0.2, 0.25) is 0 Å². The van der Waals surface area contributed by atoms with Gasteiger partial charge in [0.2, 0.25) is 0 Å². The van der Waals surface area contributed by atoms with Crippen LogP contribution in [0.4, 0.5) is 4.39 Å². The van der Waals surface area contributed by atoms with Gasteiger partial charge in [0.15, 0.2) is 0 Å². The van der Waals surface area contributed by atoms with E-state index >= 15 is 0 Å². The van der Waals surface area contributed by atoms with Gasteiger partial charge >= 0.3 is 0 Å². The van der Waals surface area contributed by atoms with E-state index in [9.17, 15) is 9.18 Å². The van der Waals surface area contributed by atoms with Crippen molar-refractivity contribution < 1.29 is 9.18 Å². The van der Waals surface area contributed by atoms with Gasteiger partial charge in [0.25, 0.3) is 0 Å². The summed E-state index contributed by atoms with van der Waals surface area (Å²) in [6, 6.07) is 0.263. The first-order valence-electron chi connectivity index (χ1n) is 6.65. The molecular weight excluding hydrogens is 309 g/mol. The summed E-state index contributed by atoms with van der Waals surface area (Å²) in [5.74, 6) is 0.154. The average molecular weight is 330 g/mol. The number of hydrogen-bond acceptors (Lipinski definition) is 2. The zero-order valence-corrected chi connectivity index (χ0v) is 12.9. The molecule has 0 aliphatic heterocycles. The summed E-state index contributed by atoms with van der Waals surface area (Å²) in [4.78, 5) is 10.5. The summed E-state index contributed by atoms with van der Waals surface area (Å²) in [6.45, 7) is 5.56. The predicted octanol–water partition coefficient (Wildman–Crippen LogP) is 4.39. The van der Waals surface area contributed by atoms with E-state index in [0.717, 1.165) is 32.0 Å². The first-order valence-corrected chi connectivity index (χ1v) is 7.44. The molecule has 1 aliphatic rings. The molecule has 0 atom stereocenters. The molecule has 0 aromatic carbocycles. The molecule has 1 aliphatic carbocycles. The highest BCUT2D eigenvalue weighted by atomic mass is 79.9. The van der Waals surface area contributed by atoms with Gasteiger partial charge in [-0.1, -0.05) is 28.6 Å². The molecule has 0 heterocycles. The smallest absolute Gasteiger partial charge is 0.146 e. The zero-order chi connectivity index (χ0) is 14.3. The van der Waals surface area contributed by atoms with Gasteiger partial charge in [0.05, 0.1) is 5.70 Å². The average Bonchev–Trinajstić information content (AvgIpc) is 2.41. The fourth-order valence-corrected chi connectivity index (χ4v) is 2.49. The minimum atomic E-state index is -0.347. The Balaban J connectivity index is 2.42. The van der Waals surface area contributed by atoms with Crippen molar-refractivity contribution in [3.63, 3.8) is 0 Å². The molecule has 0 amide bonds. The number of carbonyl (C=O) groups excluding carboxylic acids is 1. The highest BCUT2D eigenvalue weighted by Gasteiger charge is 2.21. The van der Waals surface area contributed by atoms with Gasteiger partial charge in [-0.2, -0.15) is 0 Å². The SMILES string of the molecule is C=C(NC1CCC(CC=O)CC1)/C(F)=C\C(Br)=C/C. The molecule has 0 saturated heterocycles. The van der Waals surface area contributed by atoms with Gasteiger partial charge in [0, 0.05) is 16.9 Å². The summed E-state index contributed by atoms with van der Waals surface area (Å²) in [6.07, 6.45) is 8.81. The van der Waals surface area contributed by atoms with Crippen molar-refractivity contribution in [1.29, 1.82) is 0 Å². The van der Waals surface area contributed by atoms with Crippen molar-refractivity contribution >= 4 is 22.2 Å². The molecule has 4 heteroatoms. The number of halogens is 2. The lowest BCUT2D eigenvalue weighted by Gasteiger charge is -2.29. The molecule has 1 N–H and O–H groups in total. The highest BCUT2D eigenvalue weighted by molar-refractivity contribution is 9.11. The molecule has 0 unspecified atom stereocenters. The van der Waals surface area contributed by atoms with Crippen molar-refractivity contribution in [2.45, 2.75) is 45.1 Å². The van der Waals surface area contributed by atoms with Crippen molar-refractivity contribution in [2.24, 2.45) is 5.92 Å². The fourth-order valence-electron chi connectivity index (χ4n) is 2.29. The number of carbonyl (C=O) groups is 1. The summed E-state index contributed by atoms with van der Waals surface area (Å²) in [5, 5.41) is 3.14. The lowest BCUT2D eigenvalue weighted by molar-refractivity contribution is -0.108. The quantitative estimate of drug-likeness (QED) is 0.578. The second kappa shape index (κ2) is 8.31. The maximum atomic E-state index is 13.8. The lowest BCUT2D eigenvalue weighted by atomic mass is 9.84. The third-order valence-electron chi connectivity index (χ3n) is 3.48. The van der Waals surface area contributed by atoms with Crippen molar-refractivity contribution in [1.82, 2.24) is 5.32 Å². The molecule has 1 fully saturated rings. The molecule has 0 radical (unpaired) electrons. The second-order valence-corrected chi connectivity index (χ2v) is 5.82. The molecule has 19 heavy (non-hydrogen) atoms. The van der Waals surface area contributed by atoms with E-state index in [1.807, 2.05) is 6.92 Å². The summed E-state index contributed by atoms with van der Waals surface area (Å²) < 4.78 is 14.5. The van der Waals surface area contributed by atoms with Crippen LogP contribution in [0.1, 0.15) is 39.0 Å². The normalized spacial score (nSPS) is 25.0. The largest absolute Gasteiger partial charge is 0.380 e. The Bertz CT molecular complexity index is 382. The number of rotatable bonds is 6. The van der Waals surface area contributed by atoms with Crippen LogP contribution in [0, 0.1) is 5.92 Å². The molecule has 106 valence electrons. The van der Waals surface area contributed by atoms with Crippen LogP contribution in [0.25, 0.3) is 0 Å². The Morgan fingerprint density at radius 3 is 2.58 bits per heavy atom. The Hall–Kier alpha value is -0.900. The van der Waals surface area contributed by atoms with E-state index in [2.05, 4.69) is 27.8 Å². The predicted molar refractivity (Wildman–Crippen MR) is 80.6 cm³/mol. The molecule has 1 rings (SSSR count). The fraction of sp³-hybridized carbons (Fsp3) is 0.533. The summed E-state index contributed by atoms with van der Waals surface area (Å²) in [5.41, 5.74) is 0.331. The molecular formula is C15H21BrFNO. The lowest BCUT2D eigenvalue weighted by Crippen LogP contribution is -2.32. The third-order valence-corrected chi connectivity index (χ3v) is 4.17. The molecule has 0 aromatic rings. The van der Waals surface area contributed by atoms with Gasteiger partial charge in [-0.05, 0) is 44.6 Å². The monoisotopic (exact) mass is 329 g/mol. The van der Waals surface area contributed by atoms with E-state index in [1.165, 1.54) is 6.08 Å². The Kier molecular flexibility index (Phi) is 7.06. The van der Waals surface area contributed by atoms with Crippen LogP contribution in [0.5, 0.6) is 0 Å². The Morgan fingerprint density at radius 1 is 1.42 bits per heavy atom. The zero-order valence-electron chi connectivity index (χ0n) is 11.3. The first-order chi connectivity index (χ1) is 9.06. The molecule has 0 bridgehead atoms. The van der Waals surface area contributed by atoms with E-state index in [4.69, 9.17) is 0 Å². The third kappa shape index (κ3) is 5.72. The summed E-state index contributed by atoms with van der Waals surface area (Å²) in [7, 11) is 0. The van der Waals surface area contributed by atoms with Crippen LogP contribution >= 0.6 is 15.9 Å². The van der Waals surface area contributed by atoms with Crippen LogP contribution < -0.4 is 5.32 Å². The molecule has 2 nitrogen and oxygen atoms in total. The van der Waals surface area contributed by atoms with Crippen LogP contribution in [0.3, 0.4) is 0 Å². The number of allylic oxidation sites excluding steroid dienone is 4. The minimum absolute atomic E-state index is 0.263. The van der Waals surface area contributed by atoms with Crippen LogP contribution in [-0.2, 0) is 4.79 Å². The van der Waals surface area contributed by atoms with Crippen LogP contribution in [-0.4, -0.2) is 12.3 Å². The Labute approximate surface area is 123 Å². The van der Waals surface area contributed by atoms with Gasteiger partial charge < -0.3 is 10.1 Å². The van der Waals surface area contributed by atoms with Gasteiger partial charge in [-0.3, -0.25) is 0 Å². The standard InChI is InChI=1S/C15H21BrFNO/c1-3-13(16)10-15(17)11(2)18-14-6-4-12(5-7-14)8-9-19/h3,9-10,12,14,18H,2,4-8H2,1H3/b13-3+,15-10+. The molecule has 1 saturated carbocycles. The highest BCUT2D eigenvalue weighted by Crippen LogP contribution is 2.27. The second-order valence-electron chi connectivity index (χ2n) is 4.91. The number of nitrogens with one attached hydrogen (secondary N) is 1. The number of hydrogen-bond donors (Lipinski definition) is 1. The minimum Gasteiger partial charge on any atom is -0.380 e. The van der Waals surface area contributed by atoms with Crippen molar-refractivity contribution in [3.05, 3.63) is 34.7 Å². The molecule has 0 aromatic heterocycles. The van der Waals surface area contributed by atoms with E-state index in [1.54, 1.807) is 6.08 Å².